The van der Waals surface area contributed by atoms with Gasteiger partial charge in [-0.3, -0.25) is 9.00 Å². The van der Waals surface area contributed by atoms with E-state index >= 15 is 0 Å². The molecule has 2 aromatic rings. The Kier molecular flexibility index (Phi) is 4.32. The Morgan fingerprint density at radius 3 is 2.32 bits per heavy atom. The van der Waals surface area contributed by atoms with Crippen molar-refractivity contribution in [1.29, 1.82) is 0 Å². The van der Waals surface area contributed by atoms with Crippen molar-refractivity contribution in [2.24, 2.45) is 0 Å². The van der Waals surface area contributed by atoms with E-state index in [1.54, 1.807) is 36.4 Å². The summed E-state index contributed by atoms with van der Waals surface area (Å²) < 4.78 is 11.9. The molecule has 6 heteroatoms. The Bertz CT molecular complexity index is 841. The van der Waals surface area contributed by atoms with E-state index in [2.05, 4.69) is 11.2 Å². The van der Waals surface area contributed by atoms with Crippen LogP contribution in [-0.4, -0.2) is 33.3 Å². The molecule has 0 bridgehead atoms. The van der Waals surface area contributed by atoms with E-state index in [1.165, 1.54) is 18.4 Å². The van der Waals surface area contributed by atoms with Gasteiger partial charge in [0.25, 0.3) is 5.91 Å². The predicted molar refractivity (Wildman–Crippen MR) is 87.2 cm³/mol. The first-order valence-electron chi connectivity index (χ1n) is 6.35. The molecule has 0 aliphatic carbocycles. The second-order valence-corrected chi connectivity index (χ2v) is 7.32. The summed E-state index contributed by atoms with van der Waals surface area (Å²) in [5.41, 5.74) is 0.417. The number of carboxylic acids is 1. The average Bonchev–Trinajstić information content (AvgIpc) is 2.46. The first-order chi connectivity index (χ1) is 10.3. The summed E-state index contributed by atoms with van der Waals surface area (Å²) in [6, 6.07) is 12.5. The number of nitrogens with one attached hydrogen (secondary N) is 1. The standard InChI is InChI=1S/C16H15NO4S/c1-22(2,21)12-7-5-6-11(10-12)17-15(18)13-8-3-4-9-14(13)16(19)20/h3-10H,1H2,2H3,(H,17,18)(H,19,20). The molecule has 1 atom stereocenters. The van der Waals surface area contributed by atoms with Gasteiger partial charge >= 0.3 is 5.97 Å². The van der Waals surface area contributed by atoms with Crippen molar-refractivity contribution in [3.8, 4) is 0 Å². The highest BCUT2D eigenvalue weighted by atomic mass is 32.2. The first kappa shape index (κ1) is 15.8. The van der Waals surface area contributed by atoms with Crippen molar-refractivity contribution in [3.63, 3.8) is 0 Å². The van der Waals surface area contributed by atoms with Crippen molar-refractivity contribution in [3.05, 3.63) is 59.7 Å². The molecule has 0 saturated carbocycles. The summed E-state index contributed by atoms with van der Waals surface area (Å²) in [4.78, 5) is 23.9. The molecule has 22 heavy (non-hydrogen) atoms. The van der Waals surface area contributed by atoms with Gasteiger partial charge < -0.3 is 10.4 Å². The molecule has 0 spiro atoms. The molecule has 0 aliphatic heterocycles. The zero-order valence-corrected chi connectivity index (χ0v) is 12.7. The number of carbonyl (C=O) groups is 2. The highest BCUT2D eigenvalue weighted by Crippen LogP contribution is 2.17. The monoisotopic (exact) mass is 317 g/mol. The van der Waals surface area contributed by atoms with E-state index in [1.807, 2.05) is 0 Å². The van der Waals surface area contributed by atoms with Crippen molar-refractivity contribution >= 4 is 33.0 Å². The van der Waals surface area contributed by atoms with Gasteiger partial charge in [0.05, 0.1) is 11.1 Å². The fourth-order valence-corrected chi connectivity index (χ4v) is 2.65. The summed E-state index contributed by atoms with van der Waals surface area (Å²) >= 11 is 0. The minimum atomic E-state index is -2.39. The quantitative estimate of drug-likeness (QED) is 0.848. The number of carboxylic acid groups (broad SMARTS) is 1. The number of anilines is 1. The number of amides is 1. The Morgan fingerprint density at radius 1 is 1.09 bits per heavy atom. The number of rotatable bonds is 4. The molecule has 0 fully saturated rings. The highest BCUT2D eigenvalue weighted by Gasteiger charge is 2.16. The van der Waals surface area contributed by atoms with Crippen LogP contribution in [0.1, 0.15) is 20.7 Å². The lowest BCUT2D eigenvalue weighted by Gasteiger charge is -2.09. The van der Waals surface area contributed by atoms with Crippen LogP contribution in [0, 0.1) is 0 Å². The molecule has 2 N–H and O–H groups in total. The van der Waals surface area contributed by atoms with Crippen LogP contribution >= 0.6 is 0 Å². The van der Waals surface area contributed by atoms with Gasteiger partial charge in [0.1, 0.15) is 0 Å². The molecule has 0 saturated heterocycles. The fraction of sp³-hybridized carbons (Fsp3) is 0.0625. The molecule has 2 rings (SSSR count). The molecule has 5 nitrogen and oxygen atoms in total. The maximum Gasteiger partial charge on any atom is 0.336 e. The van der Waals surface area contributed by atoms with Crippen LogP contribution in [0.25, 0.3) is 0 Å². The van der Waals surface area contributed by atoms with Crippen molar-refractivity contribution in [2.45, 2.75) is 4.90 Å². The van der Waals surface area contributed by atoms with Crippen LogP contribution in [0.4, 0.5) is 5.69 Å². The van der Waals surface area contributed by atoms with E-state index < -0.39 is 21.4 Å². The number of hydrogen-bond acceptors (Lipinski definition) is 3. The molecular weight excluding hydrogens is 302 g/mol. The third-order valence-electron chi connectivity index (χ3n) is 2.99. The normalized spacial score (nSPS) is 13.1. The molecule has 0 radical (unpaired) electrons. The second-order valence-electron chi connectivity index (χ2n) is 4.84. The number of hydrogen-bond donors (Lipinski definition) is 2. The van der Waals surface area contributed by atoms with E-state index in [0.717, 1.165) is 0 Å². The summed E-state index contributed by atoms with van der Waals surface area (Å²) in [7, 11) is -2.39. The van der Waals surface area contributed by atoms with Crippen LogP contribution in [0.15, 0.2) is 53.4 Å². The Balaban J connectivity index is 2.33. The maximum atomic E-state index is 12.2. The maximum absolute atomic E-state index is 12.2. The second kappa shape index (κ2) is 6.03. The van der Waals surface area contributed by atoms with Crippen molar-refractivity contribution < 1.29 is 18.9 Å². The van der Waals surface area contributed by atoms with E-state index in [4.69, 9.17) is 5.11 Å². The number of benzene rings is 2. The van der Waals surface area contributed by atoms with Crippen LogP contribution in [0.5, 0.6) is 0 Å². The van der Waals surface area contributed by atoms with Gasteiger partial charge in [-0.2, -0.15) is 0 Å². The van der Waals surface area contributed by atoms with Crippen LogP contribution in [0.3, 0.4) is 0 Å². The lowest BCUT2D eigenvalue weighted by molar-refractivity contribution is 0.0692. The van der Waals surface area contributed by atoms with Crippen LogP contribution in [-0.2, 0) is 9.52 Å². The molecule has 0 aliphatic rings. The zero-order chi connectivity index (χ0) is 16.3. The predicted octanol–water partition coefficient (Wildman–Crippen LogP) is 2.34. The smallest absolute Gasteiger partial charge is 0.336 e. The lowest BCUT2D eigenvalue weighted by atomic mass is 10.1. The van der Waals surface area contributed by atoms with Crippen LogP contribution < -0.4 is 5.32 Å². The SMILES string of the molecule is C=S(C)(=O)c1cccc(NC(=O)c2ccccc2C(=O)O)c1. The molecule has 2 aromatic carbocycles. The Labute approximate surface area is 128 Å². The highest BCUT2D eigenvalue weighted by molar-refractivity contribution is 7.99. The van der Waals surface area contributed by atoms with Crippen molar-refractivity contribution in [1.82, 2.24) is 0 Å². The molecule has 1 amide bonds. The minimum absolute atomic E-state index is 0.0623. The van der Waals surface area contributed by atoms with Gasteiger partial charge in [-0.15, -0.1) is 0 Å². The molecule has 1 unspecified atom stereocenters. The molecular formula is C16H15NO4S. The van der Waals surface area contributed by atoms with Gasteiger partial charge in [0.2, 0.25) is 0 Å². The van der Waals surface area contributed by atoms with Crippen LogP contribution in [0.2, 0.25) is 0 Å². The summed E-state index contributed by atoms with van der Waals surface area (Å²) in [6.07, 6.45) is 1.51. The largest absolute Gasteiger partial charge is 0.478 e. The van der Waals surface area contributed by atoms with E-state index in [0.29, 0.717) is 10.6 Å². The Morgan fingerprint density at radius 2 is 1.73 bits per heavy atom. The van der Waals surface area contributed by atoms with E-state index in [-0.39, 0.29) is 11.1 Å². The fourth-order valence-electron chi connectivity index (χ4n) is 1.91. The van der Waals surface area contributed by atoms with Gasteiger partial charge in [0.15, 0.2) is 0 Å². The zero-order valence-electron chi connectivity index (χ0n) is 11.9. The minimum Gasteiger partial charge on any atom is -0.478 e. The topological polar surface area (TPSA) is 83.5 Å². The first-order valence-corrected chi connectivity index (χ1v) is 8.48. The van der Waals surface area contributed by atoms with Gasteiger partial charge in [-0.05, 0) is 45.7 Å². The molecule has 0 heterocycles. The average molecular weight is 317 g/mol. The third-order valence-corrected chi connectivity index (χ3v) is 4.24. The summed E-state index contributed by atoms with van der Waals surface area (Å²) in [5, 5.41) is 11.7. The molecule has 0 aromatic heterocycles. The van der Waals surface area contributed by atoms with Gasteiger partial charge in [-0.1, -0.05) is 18.2 Å². The number of aromatic carboxylic acids is 1. The van der Waals surface area contributed by atoms with E-state index in [9.17, 15) is 13.8 Å². The van der Waals surface area contributed by atoms with Crippen molar-refractivity contribution in [2.75, 3.05) is 11.6 Å². The number of carbonyl (C=O) groups excluding carboxylic acids is 1. The lowest BCUT2D eigenvalue weighted by Crippen LogP contribution is -2.16. The third kappa shape index (κ3) is 3.53. The summed E-state index contributed by atoms with van der Waals surface area (Å²) in [5.74, 6) is 1.88. The Hall–Kier alpha value is -2.60. The summed E-state index contributed by atoms with van der Waals surface area (Å²) in [6.45, 7) is 0. The van der Waals surface area contributed by atoms with Gasteiger partial charge in [0, 0.05) is 16.8 Å². The molecule has 114 valence electrons. The van der Waals surface area contributed by atoms with Gasteiger partial charge in [-0.25, -0.2) is 4.79 Å².